The van der Waals surface area contributed by atoms with Crippen LogP contribution in [0, 0.1) is 6.92 Å². The molecule has 0 radical (unpaired) electrons. The van der Waals surface area contributed by atoms with Crippen molar-refractivity contribution in [2.75, 3.05) is 0 Å². The fourth-order valence-corrected chi connectivity index (χ4v) is 2.16. The average molecular weight is 320 g/mol. The van der Waals surface area contributed by atoms with E-state index in [4.69, 9.17) is 0 Å². The Kier molecular flexibility index (Phi) is 3.31. The van der Waals surface area contributed by atoms with Gasteiger partial charge in [-0.05, 0) is 18.6 Å². The van der Waals surface area contributed by atoms with Crippen LogP contribution >= 0.6 is 0 Å². The van der Waals surface area contributed by atoms with Crippen molar-refractivity contribution in [2.45, 2.75) is 11.8 Å². The average Bonchev–Trinajstić information content (AvgIpc) is 2.48. The zero-order valence-corrected chi connectivity index (χ0v) is 9.78. The van der Waals surface area contributed by atoms with Gasteiger partial charge in [0.05, 0.1) is 10.4 Å². The van der Waals surface area contributed by atoms with Crippen LogP contribution in [0.5, 0.6) is 0 Å². The van der Waals surface area contributed by atoms with Crippen LogP contribution in [-0.4, -0.2) is 28.4 Å². The van der Waals surface area contributed by atoms with Crippen LogP contribution in [0.25, 0.3) is 11.0 Å². The molecule has 0 amide bonds. The van der Waals surface area contributed by atoms with Gasteiger partial charge in [0.2, 0.25) is 0 Å². The molecule has 0 spiro atoms. The molecule has 8 heteroatoms. The minimum absolute atomic E-state index is 0. The van der Waals surface area contributed by atoms with E-state index in [1.165, 1.54) is 6.07 Å². The van der Waals surface area contributed by atoms with Crippen molar-refractivity contribution in [1.29, 1.82) is 0 Å². The summed E-state index contributed by atoms with van der Waals surface area (Å²) < 4.78 is 32.8. The van der Waals surface area contributed by atoms with Crippen LogP contribution in [0.1, 0.15) is 5.56 Å². The molecule has 0 aliphatic heterocycles. The maximum Gasteiger partial charge on any atom is 1.00 e. The van der Waals surface area contributed by atoms with E-state index >= 15 is 0 Å². The quantitative estimate of drug-likeness (QED) is 0.596. The molecule has 2 rings (SSSR count). The van der Waals surface area contributed by atoms with E-state index in [2.05, 4.69) is 15.4 Å². The van der Waals surface area contributed by atoms with E-state index in [0.29, 0.717) is 11.1 Å². The molecule has 84 valence electrons. The summed E-state index contributed by atoms with van der Waals surface area (Å²) >= 11 is 0. The smallest absolute Gasteiger partial charge is 0.744 e. The predicted molar refractivity (Wildman–Crippen MR) is 46.6 cm³/mol. The predicted octanol–water partition coefficient (Wildman–Crippen LogP) is 0.168. The molecule has 1 aromatic heterocycles. The van der Waals surface area contributed by atoms with Crippen LogP contribution in [0.4, 0.5) is 0 Å². The Morgan fingerprint density at radius 3 is 2.67 bits per heavy atom. The first-order chi connectivity index (χ1) is 6.50. The van der Waals surface area contributed by atoms with Gasteiger partial charge in [0, 0.05) is 0 Å². The molecule has 0 atom stereocenters. The minimum Gasteiger partial charge on any atom is -0.744 e. The molecule has 0 fully saturated rings. The summed E-state index contributed by atoms with van der Waals surface area (Å²) in [5.41, 5.74) is 0.909. The van der Waals surface area contributed by atoms with Gasteiger partial charge < -0.3 is 4.55 Å². The number of rotatable bonds is 1. The second-order valence-electron chi connectivity index (χ2n) is 2.87. The summed E-state index contributed by atoms with van der Waals surface area (Å²) in [6, 6.07) is 3.16. The number of aromatic nitrogens is 3. The van der Waals surface area contributed by atoms with Crippen molar-refractivity contribution in [1.82, 2.24) is 15.4 Å². The molecule has 0 bridgehead atoms. The van der Waals surface area contributed by atoms with Gasteiger partial charge in [-0.3, -0.25) is 5.10 Å². The molecule has 1 aromatic carbocycles. The third-order valence-corrected chi connectivity index (χ3v) is 2.91. The second kappa shape index (κ2) is 4.03. The summed E-state index contributed by atoms with van der Waals surface area (Å²) in [5, 5.41) is 9.49. The summed E-state index contributed by atoms with van der Waals surface area (Å²) in [6.07, 6.45) is 0. The van der Waals surface area contributed by atoms with Crippen molar-refractivity contribution >= 4 is 21.2 Å². The standard InChI is InChI=1S/C7H7N3O3S.Ag/c1-4-2-3-5-6(9-10-8-5)7(4)14(11,12)13;/h2-3H,1H3,(H,8,9,10)(H,11,12,13);/q;+1/p-1. The van der Waals surface area contributed by atoms with Gasteiger partial charge in [-0.25, -0.2) is 8.42 Å². The topological polar surface area (TPSA) is 98.8 Å². The van der Waals surface area contributed by atoms with Gasteiger partial charge in [-0.1, -0.05) is 11.3 Å². The first-order valence-corrected chi connectivity index (χ1v) is 5.17. The number of benzene rings is 1. The largest absolute Gasteiger partial charge is 1.00 e. The third-order valence-electron chi connectivity index (χ3n) is 1.90. The van der Waals surface area contributed by atoms with Crippen molar-refractivity contribution < 1.29 is 35.4 Å². The molecule has 0 unspecified atom stereocenters. The number of hydrogen-bond donors (Lipinski definition) is 1. The van der Waals surface area contributed by atoms with E-state index < -0.39 is 10.1 Å². The second-order valence-corrected chi connectivity index (χ2v) is 4.19. The van der Waals surface area contributed by atoms with Crippen molar-refractivity contribution in [2.24, 2.45) is 0 Å². The van der Waals surface area contributed by atoms with Crippen molar-refractivity contribution in [3.05, 3.63) is 17.7 Å². The molecular formula is C7H6AgN3O3S. The van der Waals surface area contributed by atoms with E-state index in [0.717, 1.165) is 0 Å². The molecule has 6 nitrogen and oxygen atoms in total. The normalized spacial score (nSPS) is 11.3. The summed E-state index contributed by atoms with van der Waals surface area (Å²) in [7, 11) is -4.50. The summed E-state index contributed by atoms with van der Waals surface area (Å²) in [5.74, 6) is 0. The van der Waals surface area contributed by atoms with Gasteiger partial charge in [-0.15, -0.1) is 5.10 Å². The molecule has 1 heterocycles. The molecule has 2 aromatic rings. The third kappa shape index (κ3) is 2.11. The van der Waals surface area contributed by atoms with E-state index in [9.17, 15) is 13.0 Å². The maximum absolute atomic E-state index is 10.9. The van der Waals surface area contributed by atoms with Crippen LogP contribution < -0.4 is 0 Å². The van der Waals surface area contributed by atoms with Gasteiger partial charge in [-0.2, -0.15) is 0 Å². The number of H-pyrrole nitrogens is 1. The number of aryl methyl sites for hydroxylation is 1. The molecule has 0 aliphatic rings. The van der Waals surface area contributed by atoms with E-state index in [-0.39, 0.29) is 32.8 Å². The van der Waals surface area contributed by atoms with Crippen LogP contribution in [0.15, 0.2) is 17.0 Å². The Morgan fingerprint density at radius 1 is 1.40 bits per heavy atom. The van der Waals surface area contributed by atoms with Gasteiger partial charge in [0.25, 0.3) is 0 Å². The summed E-state index contributed by atoms with van der Waals surface area (Å²) in [6.45, 7) is 1.54. The number of nitrogens with zero attached hydrogens (tertiary/aromatic N) is 2. The molecular weight excluding hydrogens is 314 g/mol. The Bertz CT molecular complexity index is 593. The fraction of sp³-hybridized carbons (Fsp3) is 0.143. The SMILES string of the molecule is Cc1ccc2[nH]nnc2c1S(=O)(=O)[O-].[Ag+]. The number of fused-ring (bicyclic) bond motifs is 1. The van der Waals surface area contributed by atoms with E-state index in [1.54, 1.807) is 13.0 Å². The number of aromatic amines is 1. The monoisotopic (exact) mass is 319 g/mol. The van der Waals surface area contributed by atoms with E-state index in [1.807, 2.05) is 0 Å². The molecule has 0 aliphatic carbocycles. The molecule has 0 saturated carbocycles. The number of hydrogen-bond acceptors (Lipinski definition) is 5. The van der Waals surface area contributed by atoms with Crippen LogP contribution in [0.3, 0.4) is 0 Å². The Balaban J connectivity index is 0.00000112. The minimum atomic E-state index is -4.50. The fourth-order valence-electron chi connectivity index (χ4n) is 1.31. The number of nitrogens with one attached hydrogen (secondary N) is 1. The Labute approximate surface area is 101 Å². The first-order valence-electron chi connectivity index (χ1n) is 3.76. The van der Waals surface area contributed by atoms with Gasteiger partial charge >= 0.3 is 22.4 Å². The zero-order valence-electron chi connectivity index (χ0n) is 7.48. The first kappa shape index (κ1) is 12.3. The molecule has 0 saturated heterocycles. The Hall–Kier alpha value is -0.730. The Morgan fingerprint density at radius 2 is 2.07 bits per heavy atom. The van der Waals surface area contributed by atoms with Crippen molar-refractivity contribution in [3.63, 3.8) is 0 Å². The molecule has 1 N–H and O–H groups in total. The molecule has 15 heavy (non-hydrogen) atoms. The zero-order chi connectivity index (χ0) is 10.3. The van der Waals surface area contributed by atoms with Crippen LogP contribution in [0.2, 0.25) is 0 Å². The van der Waals surface area contributed by atoms with Crippen LogP contribution in [-0.2, 0) is 32.5 Å². The maximum atomic E-state index is 10.9. The summed E-state index contributed by atoms with van der Waals surface area (Å²) in [4.78, 5) is -0.302. The van der Waals surface area contributed by atoms with Gasteiger partial charge in [0.15, 0.2) is 0 Å². The van der Waals surface area contributed by atoms with Gasteiger partial charge in [0.1, 0.15) is 15.6 Å². The van der Waals surface area contributed by atoms with Crippen molar-refractivity contribution in [3.8, 4) is 0 Å².